The zero-order valence-corrected chi connectivity index (χ0v) is 16.9. The van der Waals surface area contributed by atoms with Crippen LogP contribution in [0.4, 0.5) is 17.1 Å². The van der Waals surface area contributed by atoms with Crippen molar-refractivity contribution in [3.63, 3.8) is 0 Å². The van der Waals surface area contributed by atoms with E-state index >= 15 is 0 Å². The van der Waals surface area contributed by atoms with Crippen LogP contribution in [0.25, 0.3) is 0 Å². The molecule has 2 aromatic carbocycles. The largest absolute Gasteiger partial charge is 0.497 e. The van der Waals surface area contributed by atoms with Gasteiger partial charge in [0.2, 0.25) is 17.7 Å². The first-order valence-corrected chi connectivity index (χ1v) is 9.01. The summed E-state index contributed by atoms with van der Waals surface area (Å²) >= 11 is 0. The quantitative estimate of drug-likeness (QED) is 0.711. The molecule has 0 saturated carbocycles. The number of carbonyl (C=O) groups excluding carboxylic acids is 3. The highest BCUT2D eigenvalue weighted by Crippen LogP contribution is 2.29. The van der Waals surface area contributed by atoms with Crippen molar-refractivity contribution in [3.05, 3.63) is 42.5 Å². The average molecular weight is 399 g/mol. The molecule has 0 aliphatic heterocycles. The molecule has 0 spiro atoms. The number of nitrogens with zero attached hydrogens (tertiary/aromatic N) is 1. The number of amides is 3. The van der Waals surface area contributed by atoms with Crippen LogP contribution in [0.15, 0.2) is 42.5 Å². The maximum atomic E-state index is 12.4. The normalized spacial score (nSPS) is 10.1. The number of benzene rings is 2. The number of anilines is 3. The Labute approximate surface area is 169 Å². The molecule has 0 saturated heterocycles. The SMILES string of the molecule is COc1ccc(NC(=O)CCN(C(C)=O)c2cccc(NC(C)=O)c2)c(OC)c1. The summed E-state index contributed by atoms with van der Waals surface area (Å²) in [6.07, 6.45) is 0.0825. The molecule has 0 aliphatic carbocycles. The van der Waals surface area contributed by atoms with E-state index in [2.05, 4.69) is 10.6 Å². The third-order valence-electron chi connectivity index (χ3n) is 4.10. The number of methoxy groups -OCH3 is 2. The van der Waals surface area contributed by atoms with Gasteiger partial charge in [0.25, 0.3) is 0 Å². The van der Waals surface area contributed by atoms with Gasteiger partial charge in [0.1, 0.15) is 11.5 Å². The van der Waals surface area contributed by atoms with E-state index in [1.54, 1.807) is 49.6 Å². The third kappa shape index (κ3) is 6.24. The van der Waals surface area contributed by atoms with E-state index in [4.69, 9.17) is 9.47 Å². The lowest BCUT2D eigenvalue weighted by Crippen LogP contribution is -2.32. The Bertz CT molecular complexity index is 898. The van der Waals surface area contributed by atoms with Crippen molar-refractivity contribution in [2.45, 2.75) is 20.3 Å². The molecule has 2 N–H and O–H groups in total. The van der Waals surface area contributed by atoms with Gasteiger partial charge in [-0.25, -0.2) is 0 Å². The standard InChI is InChI=1S/C21H25N3O5/c1-14(25)22-16-6-5-7-17(12-16)24(15(2)26)11-10-21(27)23-19-9-8-18(28-3)13-20(19)29-4/h5-9,12-13H,10-11H2,1-4H3,(H,22,25)(H,23,27). The molecule has 0 aliphatic rings. The molecule has 0 heterocycles. The van der Waals surface area contributed by atoms with Crippen molar-refractivity contribution in [3.8, 4) is 11.5 Å². The first kappa shape index (κ1) is 21.7. The predicted molar refractivity (Wildman–Crippen MR) is 112 cm³/mol. The van der Waals surface area contributed by atoms with Crippen LogP contribution < -0.4 is 25.0 Å². The van der Waals surface area contributed by atoms with E-state index < -0.39 is 0 Å². The van der Waals surface area contributed by atoms with Crippen LogP contribution in [0.5, 0.6) is 11.5 Å². The van der Waals surface area contributed by atoms with E-state index in [0.717, 1.165) is 0 Å². The first-order chi connectivity index (χ1) is 13.8. The van der Waals surface area contributed by atoms with Gasteiger partial charge in [-0.05, 0) is 30.3 Å². The molecule has 0 atom stereocenters. The van der Waals surface area contributed by atoms with Gasteiger partial charge in [-0.3, -0.25) is 14.4 Å². The summed E-state index contributed by atoms with van der Waals surface area (Å²) in [4.78, 5) is 37.2. The van der Waals surface area contributed by atoms with E-state index in [-0.39, 0.29) is 30.7 Å². The summed E-state index contributed by atoms with van der Waals surface area (Å²) in [5.41, 5.74) is 1.69. The van der Waals surface area contributed by atoms with Crippen LogP contribution in [0.2, 0.25) is 0 Å². The third-order valence-corrected chi connectivity index (χ3v) is 4.10. The molecule has 0 radical (unpaired) electrons. The number of nitrogens with one attached hydrogen (secondary N) is 2. The highest BCUT2D eigenvalue weighted by atomic mass is 16.5. The van der Waals surface area contributed by atoms with Gasteiger partial charge >= 0.3 is 0 Å². The van der Waals surface area contributed by atoms with Gasteiger partial charge in [0, 0.05) is 44.3 Å². The fraction of sp³-hybridized carbons (Fsp3) is 0.286. The summed E-state index contributed by atoms with van der Waals surface area (Å²) < 4.78 is 10.4. The van der Waals surface area contributed by atoms with Gasteiger partial charge in [-0.15, -0.1) is 0 Å². The molecule has 0 bridgehead atoms. The monoisotopic (exact) mass is 399 g/mol. The summed E-state index contributed by atoms with van der Waals surface area (Å²) in [5, 5.41) is 5.46. The van der Waals surface area contributed by atoms with Crippen molar-refractivity contribution in [2.24, 2.45) is 0 Å². The van der Waals surface area contributed by atoms with Gasteiger partial charge in [0.05, 0.1) is 19.9 Å². The average Bonchev–Trinajstić information content (AvgIpc) is 2.68. The maximum Gasteiger partial charge on any atom is 0.226 e. The minimum Gasteiger partial charge on any atom is -0.497 e. The van der Waals surface area contributed by atoms with Crippen LogP contribution in [0, 0.1) is 0 Å². The Morgan fingerprint density at radius 2 is 1.72 bits per heavy atom. The minimum absolute atomic E-state index is 0.0825. The second kappa shape index (κ2) is 10.1. The van der Waals surface area contributed by atoms with E-state index in [0.29, 0.717) is 28.6 Å². The smallest absolute Gasteiger partial charge is 0.226 e. The summed E-state index contributed by atoms with van der Waals surface area (Å²) in [5.74, 6) is 0.410. The van der Waals surface area contributed by atoms with Crippen LogP contribution >= 0.6 is 0 Å². The molecule has 0 unspecified atom stereocenters. The summed E-state index contributed by atoms with van der Waals surface area (Å²) in [6, 6.07) is 12.0. The first-order valence-electron chi connectivity index (χ1n) is 9.01. The molecule has 8 heteroatoms. The Kier molecular flexibility index (Phi) is 7.59. The zero-order valence-electron chi connectivity index (χ0n) is 16.9. The molecule has 0 fully saturated rings. The van der Waals surface area contributed by atoms with Gasteiger partial charge in [0.15, 0.2) is 0 Å². The Morgan fingerprint density at radius 3 is 2.34 bits per heavy atom. The van der Waals surface area contributed by atoms with E-state index in [1.807, 2.05) is 0 Å². The second-order valence-electron chi connectivity index (χ2n) is 6.27. The lowest BCUT2D eigenvalue weighted by molar-refractivity contribution is -0.117. The highest BCUT2D eigenvalue weighted by molar-refractivity contribution is 5.96. The van der Waals surface area contributed by atoms with Crippen LogP contribution in [-0.4, -0.2) is 38.5 Å². The van der Waals surface area contributed by atoms with Crippen LogP contribution in [0.1, 0.15) is 20.3 Å². The van der Waals surface area contributed by atoms with Gasteiger partial charge < -0.3 is 25.0 Å². The number of rotatable bonds is 8. The highest BCUT2D eigenvalue weighted by Gasteiger charge is 2.15. The Morgan fingerprint density at radius 1 is 0.966 bits per heavy atom. The molecule has 0 aromatic heterocycles. The van der Waals surface area contributed by atoms with Crippen molar-refractivity contribution < 1.29 is 23.9 Å². The topological polar surface area (TPSA) is 97.0 Å². The minimum atomic E-state index is -0.266. The second-order valence-corrected chi connectivity index (χ2v) is 6.27. The van der Waals surface area contributed by atoms with Gasteiger partial charge in [-0.1, -0.05) is 6.07 Å². The lowest BCUT2D eigenvalue weighted by atomic mass is 10.2. The van der Waals surface area contributed by atoms with Crippen LogP contribution in [-0.2, 0) is 14.4 Å². The molecular formula is C21H25N3O5. The molecule has 2 aromatic rings. The van der Waals surface area contributed by atoms with Crippen molar-refractivity contribution >= 4 is 34.8 Å². The van der Waals surface area contributed by atoms with Gasteiger partial charge in [-0.2, -0.15) is 0 Å². The number of carbonyl (C=O) groups is 3. The zero-order chi connectivity index (χ0) is 21.4. The van der Waals surface area contributed by atoms with Crippen molar-refractivity contribution in [1.82, 2.24) is 0 Å². The Balaban J connectivity index is 2.07. The molecule has 29 heavy (non-hydrogen) atoms. The van der Waals surface area contributed by atoms with Crippen molar-refractivity contribution in [2.75, 3.05) is 36.3 Å². The maximum absolute atomic E-state index is 12.4. The van der Waals surface area contributed by atoms with Crippen LogP contribution in [0.3, 0.4) is 0 Å². The van der Waals surface area contributed by atoms with E-state index in [9.17, 15) is 14.4 Å². The molecule has 2 rings (SSSR count). The molecule has 3 amide bonds. The lowest BCUT2D eigenvalue weighted by Gasteiger charge is -2.22. The number of hydrogen-bond acceptors (Lipinski definition) is 5. The fourth-order valence-electron chi connectivity index (χ4n) is 2.75. The molecular weight excluding hydrogens is 374 g/mol. The predicted octanol–water partition coefficient (Wildman–Crippen LogP) is 3.04. The van der Waals surface area contributed by atoms with Crippen molar-refractivity contribution in [1.29, 1.82) is 0 Å². The summed E-state index contributed by atoms with van der Waals surface area (Å²) in [6.45, 7) is 3.02. The number of ether oxygens (including phenoxy) is 2. The molecule has 8 nitrogen and oxygen atoms in total. The Hall–Kier alpha value is -3.55. The number of hydrogen-bond donors (Lipinski definition) is 2. The summed E-state index contributed by atoms with van der Waals surface area (Å²) in [7, 11) is 3.05. The van der Waals surface area contributed by atoms with E-state index in [1.165, 1.54) is 25.9 Å². The fourth-order valence-corrected chi connectivity index (χ4v) is 2.75. The molecule has 154 valence electrons.